The van der Waals surface area contributed by atoms with Crippen molar-refractivity contribution in [1.82, 2.24) is 5.32 Å². The zero-order chi connectivity index (χ0) is 15.2. The summed E-state index contributed by atoms with van der Waals surface area (Å²) in [5, 5.41) is 4.61. The molecule has 0 aliphatic rings. The van der Waals surface area contributed by atoms with Crippen LogP contribution in [0.5, 0.6) is 5.75 Å². The monoisotopic (exact) mass is 323 g/mol. The smallest absolute Gasteiger partial charge is 0.119 e. The predicted molar refractivity (Wildman–Crippen MR) is 89.6 cm³/mol. The molecule has 112 valence electrons. The van der Waals surface area contributed by atoms with Crippen LogP contribution in [0.1, 0.15) is 31.0 Å². The third-order valence-corrected chi connectivity index (χ3v) is 3.93. The van der Waals surface area contributed by atoms with Crippen molar-refractivity contribution in [2.45, 2.75) is 19.9 Å². The normalized spacial score (nSPS) is 12.2. The van der Waals surface area contributed by atoms with Crippen LogP contribution in [0.25, 0.3) is 0 Å². The Morgan fingerprint density at radius 3 is 2.43 bits per heavy atom. The van der Waals surface area contributed by atoms with Gasteiger partial charge in [0.1, 0.15) is 5.75 Å². The first-order valence-corrected chi connectivity index (χ1v) is 7.82. The van der Waals surface area contributed by atoms with E-state index in [2.05, 4.69) is 24.4 Å². The number of halogens is 2. The van der Waals surface area contributed by atoms with Crippen LogP contribution in [0.2, 0.25) is 10.0 Å². The van der Waals surface area contributed by atoms with Gasteiger partial charge in [0.05, 0.1) is 22.7 Å². The van der Waals surface area contributed by atoms with Crippen LogP contribution < -0.4 is 10.1 Å². The Kier molecular flexibility index (Phi) is 5.92. The molecule has 1 atom stereocenters. The van der Waals surface area contributed by atoms with Crippen LogP contribution >= 0.6 is 23.2 Å². The fraction of sp³-hybridized carbons (Fsp3) is 0.294. The molecule has 0 aliphatic heterocycles. The lowest BCUT2D eigenvalue weighted by Crippen LogP contribution is -2.22. The molecule has 0 saturated heterocycles. The molecule has 0 radical (unpaired) electrons. The molecule has 4 heteroatoms. The minimum atomic E-state index is 0.0603. The minimum Gasteiger partial charge on any atom is -0.494 e. The molecule has 0 bridgehead atoms. The van der Waals surface area contributed by atoms with E-state index in [-0.39, 0.29) is 6.04 Å². The van der Waals surface area contributed by atoms with Gasteiger partial charge in [0.15, 0.2) is 0 Å². The minimum absolute atomic E-state index is 0.0603. The van der Waals surface area contributed by atoms with Crippen molar-refractivity contribution in [2.24, 2.45) is 0 Å². The molecule has 0 aliphatic carbocycles. The summed E-state index contributed by atoms with van der Waals surface area (Å²) >= 11 is 12.1. The van der Waals surface area contributed by atoms with Gasteiger partial charge in [-0.25, -0.2) is 0 Å². The van der Waals surface area contributed by atoms with Gasteiger partial charge in [0.25, 0.3) is 0 Å². The third-order valence-electron chi connectivity index (χ3n) is 3.19. The topological polar surface area (TPSA) is 21.3 Å². The quantitative estimate of drug-likeness (QED) is 0.799. The molecule has 2 aromatic carbocycles. The van der Waals surface area contributed by atoms with Gasteiger partial charge in [-0.3, -0.25) is 0 Å². The number of hydrogen-bond acceptors (Lipinski definition) is 2. The molecule has 0 heterocycles. The summed E-state index contributed by atoms with van der Waals surface area (Å²) in [6, 6.07) is 13.9. The van der Waals surface area contributed by atoms with Crippen molar-refractivity contribution in [3.05, 3.63) is 63.6 Å². The summed E-state index contributed by atoms with van der Waals surface area (Å²) in [4.78, 5) is 0. The van der Waals surface area contributed by atoms with E-state index in [0.717, 1.165) is 23.4 Å². The van der Waals surface area contributed by atoms with Gasteiger partial charge < -0.3 is 10.1 Å². The standard InChI is InChI=1S/C17H19Cl2NO/c1-3-20-17(13-8-9-15(18)16(19)11-13)12-6-5-7-14(10-12)21-4-2/h5-11,17,20H,3-4H2,1-2H3. The second-order valence-corrected chi connectivity index (χ2v) is 5.48. The Morgan fingerprint density at radius 1 is 1.00 bits per heavy atom. The van der Waals surface area contributed by atoms with Gasteiger partial charge in [-0.2, -0.15) is 0 Å². The van der Waals surface area contributed by atoms with Gasteiger partial charge in [0.2, 0.25) is 0 Å². The fourth-order valence-corrected chi connectivity index (χ4v) is 2.58. The number of rotatable bonds is 6. The SMILES string of the molecule is CCNC(c1cccc(OCC)c1)c1ccc(Cl)c(Cl)c1. The first kappa shape index (κ1) is 16.2. The molecule has 0 saturated carbocycles. The van der Waals surface area contributed by atoms with E-state index in [1.54, 1.807) is 0 Å². The highest BCUT2D eigenvalue weighted by Crippen LogP contribution is 2.30. The molecule has 1 N–H and O–H groups in total. The summed E-state index contributed by atoms with van der Waals surface area (Å²) < 4.78 is 5.58. The predicted octanol–water partition coefficient (Wildman–Crippen LogP) is 5.09. The van der Waals surface area contributed by atoms with E-state index in [4.69, 9.17) is 27.9 Å². The summed E-state index contributed by atoms with van der Waals surface area (Å²) in [5.41, 5.74) is 2.22. The third kappa shape index (κ3) is 4.13. The Hall–Kier alpha value is -1.22. The Bertz CT molecular complexity index is 601. The highest BCUT2D eigenvalue weighted by Gasteiger charge is 2.15. The molecular formula is C17H19Cl2NO. The van der Waals surface area contributed by atoms with Crippen LogP contribution in [0.3, 0.4) is 0 Å². The van der Waals surface area contributed by atoms with Gasteiger partial charge >= 0.3 is 0 Å². The van der Waals surface area contributed by atoms with Gasteiger partial charge in [-0.15, -0.1) is 0 Å². The van der Waals surface area contributed by atoms with E-state index < -0.39 is 0 Å². The first-order chi connectivity index (χ1) is 10.2. The van der Waals surface area contributed by atoms with E-state index in [1.807, 2.05) is 37.3 Å². The average Bonchev–Trinajstić information content (AvgIpc) is 2.48. The molecule has 2 nitrogen and oxygen atoms in total. The summed E-state index contributed by atoms with van der Waals surface area (Å²) in [5.74, 6) is 0.873. The fourth-order valence-electron chi connectivity index (χ4n) is 2.27. The Morgan fingerprint density at radius 2 is 1.76 bits per heavy atom. The largest absolute Gasteiger partial charge is 0.494 e. The molecule has 2 rings (SSSR count). The van der Waals surface area contributed by atoms with E-state index in [9.17, 15) is 0 Å². The van der Waals surface area contributed by atoms with Crippen molar-refractivity contribution in [3.63, 3.8) is 0 Å². The summed E-state index contributed by atoms with van der Waals surface area (Å²) in [7, 11) is 0. The van der Waals surface area contributed by atoms with Crippen molar-refractivity contribution in [2.75, 3.05) is 13.2 Å². The lowest BCUT2D eigenvalue weighted by molar-refractivity contribution is 0.339. The lowest BCUT2D eigenvalue weighted by Gasteiger charge is -2.20. The maximum absolute atomic E-state index is 6.14. The van der Waals surface area contributed by atoms with Crippen molar-refractivity contribution in [1.29, 1.82) is 0 Å². The van der Waals surface area contributed by atoms with Crippen molar-refractivity contribution < 1.29 is 4.74 Å². The molecule has 0 amide bonds. The van der Waals surface area contributed by atoms with Crippen LogP contribution in [0.4, 0.5) is 0 Å². The molecular weight excluding hydrogens is 305 g/mol. The Balaban J connectivity index is 2.37. The maximum Gasteiger partial charge on any atom is 0.119 e. The maximum atomic E-state index is 6.14. The molecule has 0 aromatic heterocycles. The van der Waals surface area contributed by atoms with Gasteiger partial charge in [-0.1, -0.05) is 48.3 Å². The second-order valence-electron chi connectivity index (χ2n) is 4.67. The summed E-state index contributed by atoms with van der Waals surface area (Å²) in [6.07, 6.45) is 0. The van der Waals surface area contributed by atoms with Gasteiger partial charge in [-0.05, 0) is 48.9 Å². The van der Waals surface area contributed by atoms with Crippen LogP contribution in [-0.2, 0) is 0 Å². The molecule has 0 fully saturated rings. The van der Waals surface area contributed by atoms with Crippen LogP contribution in [-0.4, -0.2) is 13.2 Å². The number of hydrogen-bond donors (Lipinski definition) is 1. The van der Waals surface area contributed by atoms with Crippen molar-refractivity contribution >= 4 is 23.2 Å². The highest BCUT2D eigenvalue weighted by molar-refractivity contribution is 6.42. The second kappa shape index (κ2) is 7.69. The first-order valence-electron chi connectivity index (χ1n) is 7.06. The molecule has 1 unspecified atom stereocenters. The lowest BCUT2D eigenvalue weighted by atomic mass is 9.98. The van der Waals surface area contributed by atoms with E-state index in [1.165, 1.54) is 0 Å². The summed E-state index contributed by atoms with van der Waals surface area (Å²) in [6.45, 7) is 5.57. The van der Waals surface area contributed by atoms with Crippen LogP contribution in [0.15, 0.2) is 42.5 Å². The van der Waals surface area contributed by atoms with E-state index >= 15 is 0 Å². The Labute approximate surface area is 136 Å². The zero-order valence-corrected chi connectivity index (χ0v) is 13.7. The van der Waals surface area contributed by atoms with E-state index in [0.29, 0.717) is 16.7 Å². The highest BCUT2D eigenvalue weighted by atomic mass is 35.5. The number of benzene rings is 2. The average molecular weight is 324 g/mol. The van der Waals surface area contributed by atoms with Crippen molar-refractivity contribution in [3.8, 4) is 5.75 Å². The molecule has 2 aromatic rings. The molecule has 0 spiro atoms. The zero-order valence-electron chi connectivity index (χ0n) is 12.2. The van der Waals surface area contributed by atoms with Gasteiger partial charge in [0, 0.05) is 0 Å². The van der Waals surface area contributed by atoms with Crippen LogP contribution in [0, 0.1) is 0 Å². The number of nitrogens with one attached hydrogen (secondary N) is 1. The molecule has 21 heavy (non-hydrogen) atoms. The number of ether oxygens (including phenoxy) is 1.